The molecule has 1 aliphatic rings. The largest absolute Gasteiger partial charge is 0.480 e. The average molecular weight is 289 g/mol. The molecule has 0 radical (unpaired) electrons. The van der Waals surface area contributed by atoms with Crippen LogP contribution >= 0.6 is 0 Å². The van der Waals surface area contributed by atoms with Gasteiger partial charge in [-0.2, -0.15) is 0 Å². The minimum absolute atomic E-state index is 0.0819. The second-order valence-electron chi connectivity index (χ2n) is 6.10. The highest BCUT2D eigenvalue weighted by Crippen LogP contribution is 2.30. The van der Waals surface area contributed by atoms with Crippen LogP contribution in [0.25, 0.3) is 0 Å². The second-order valence-corrected chi connectivity index (χ2v) is 6.10. The molecule has 0 heterocycles. The fourth-order valence-corrected chi connectivity index (χ4v) is 3.22. The van der Waals surface area contributed by atoms with Crippen LogP contribution in [0, 0.1) is 6.92 Å². The van der Waals surface area contributed by atoms with Crippen LogP contribution in [-0.2, 0) is 9.59 Å². The van der Waals surface area contributed by atoms with Crippen molar-refractivity contribution in [1.29, 1.82) is 0 Å². The summed E-state index contributed by atoms with van der Waals surface area (Å²) in [6, 6.07) is 7.99. The maximum absolute atomic E-state index is 12.2. The van der Waals surface area contributed by atoms with Gasteiger partial charge in [0.25, 0.3) is 0 Å². The number of hydrogen-bond donors (Lipinski definition) is 2. The Bertz CT molecular complexity index is 533. The second kappa shape index (κ2) is 6.29. The first-order valence-corrected chi connectivity index (χ1v) is 7.54. The molecule has 1 aliphatic carbocycles. The number of carboxylic acid groups (broad SMARTS) is 1. The minimum atomic E-state index is -1.04. The number of aryl methyl sites for hydroxylation is 1. The molecule has 2 N–H and O–H groups in total. The zero-order valence-electron chi connectivity index (χ0n) is 12.7. The summed E-state index contributed by atoms with van der Waals surface area (Å²) in [4.78, 5) is 23.7. The van der Waals surface area contributed by atoms with Gasteiger partial charge in [0.15, 0.2) is 0 Å². The number of rotatable bonds is 5. The molecule has 1 amide bonds. The number of nitrogens with one attached hydrogen (secondary N) is 1. The van der Waals surface area contributed by atoms with Crippen LogP contribution in [0.1, 0.15) is 56.1 Å². The van der Waals surface area contributed by atoms with Gasteiger partial charge in [-0.3, -0.25) is 4.79 Å². The summed E-state index contributed by atoms with van der Waals surface area (Å²) in [5.74, 6) is -0.995. The van der Waals surface area contributed by atoms with E-state index >= 15 is 0 Å². The van der Waals surface area contributed by atoms with Crippen molar-refractivity contribution in [3.05, 3.63) is 35.4 Å². The first-order valence-electron chi connectivity index (χ1n) is 7.54. The van der Waals surface area contributed by atoms with Gasteiger partial charge in [0.2, 0.25) is 5.91 Å². The van der Waals surface area contributed by atoms with Crippen LogP contribution in [0.2, 0.25) is 0 Å². The van der Waals surface area contributed by atoms with E-state index < -0.39 is 11.5 Å². The van der Waals surface area contributed by atoms with E-state index in [1.165, 1.54) is 0 Å². The molecule has 1 aromatic rings. The summed E-state index contributed by atoms with van der Waals surface area (Å²) in [5.41, 5.74) is 1.26. The van der Waals surface area contributed by atoms with E-state index in [1.807, 2.05) is 38.1 Å². The molecule has 1 unspecified atom stereocenters. The van der Waals surface area contributed by atoms with Crippen molar-refractivity contribution < 1.29 is 14.7 Å². The van der Waals surface area contributed by atoms with Gasteiger partial charge in [0, 0.05) is 6.42 Å². The van der Waals surface area contributed by atoms with Crippen molar-refractivity contribution >= 4 is 11.9 Å². The van der Waals surface area contributed by atoms with Crippen molar-refractivity contribution in [3.63, 3.8) is 0 Å². The molecule has 4 nitrogen and oxygen atoms in total. The molecule has 0 bridgehead atoms. The summed E-state index contributed by atoms with van der Waals surface area (Å²) in [6.45, 7) is 4.03. The molecule has 4 heteroatoms. The normalized spacial score (nSPS) is 18.2. The Labute approximate surface area is 125 Å². The molecule has 0 saturated heterocycles. The van der Waals surface area contributed by atoms with E-state index in [-0.39, 0.29) is 11.8 Å². The molecular weight excluding hydrogens is 266 g/mol. The Kier molecular flexibility index (Phi) is 4.66. The molecular formula is C17H23NO3. The summed E-state index contributed by atoms with van der Waals surface area (Å²) in [7, 11) is 0. The lowest BCUT2D eigenvalue weighted by molar-refractivity contribution is -0.147. The lowest BCUT2D eigenvalue weighted by Gasteiger charge is -2.26. The highest BCUT2D eigenvalue weighted by Gasteiger charge is 2.42. The average Bonchev–Trinajstić information content (AvgIpc) is 2.88. The summed E-state index contributed by atoms with van der Waals surface area (Å²) in [5, 5.41) is 12.2. The van der Waals surface area contributed by atoms with Crippen molar-refractivity contribution in [2.24, 2.45) is 0 Å². The number of carboxylic acids is 1. The Morgan fingerprint density at radius 1 is 1.29 bits per heavy atom. The van der Waals surface area contributed by atoms with Crippen LogP contribution < -0.4 is 5.32 Å². The summed E-state index contributed by atoms with van der Waals surface area (Å²) in [6.07, 6.45) is 3.11. The monoisotopic (exact) mass is 289 g/mol. The standard InChI is InChI=1S/C17H23NO3/c1-12-7-3-4-8-14(12)13(2)11-15(19)18-17(16(20)21)9-5-6-10-17/h3-4,7-8,13H,5-6,9-11H2,1-2H3,(H,18,19)(H,20,21). The van der Waals surface area contributed by atoms with Gasteiger partial charge in [0.1, 0.15) is 5.54 Å². The van der Waals surface area contributed by atoms with Crippen molar-refractivity contribution in [2.45, 2.75) is 57.4 Å². The SMILES string of the molecule is Cc1ccccc1C(C)CC(=O)NC1(C(=O)O)CCCC1. The highest BCUT2D eigenvalue weighted by atomic mass is 16.4. The van der Waals surface area contributed by atoms with Gasteiger partial charge in [-0.1, -0.05) is 44.0 Å². The zero-order chi connectivity index (χ0) is 15.5. The van der Waals surface area contributed by atoms with E-state index in [2.05, 4.69) is 5.32 Å². The zero-order valence-corrected chi connectivity index (χ0v) is 12.7. The quantitative estimate of drug-likeness (QED) is 0.875. The summed E-state index contributed by atoms with van der Waals surface area (Å²) >= 11 is 0. The molecule has 0 aromatic heterocycles. The van der Waals surface area contributed by atoms with E-state index in [9.17, 15) is 14.7 Å². The number of aliphatic carboxylic acids is 1. The third-order valence-electron chi connectivity index (χ3n) is 4.46. The molecule has 1 aromatic carbocycles. The minimum Gasteiger partial charge on any atom is -0.480 e. The molecule has 0 aliphatic heterocycles. The maximum Gasteiger partial charge on any atom is 0.329 e. The number of benzene rings is 1. The number of carbonyl (C=O) groups excluding carboxylic acids is 1. The molecule has 21 heavy (non-hydrogen) atoms. The predicted octanol–water partition coefficient (Wildman–Crippen LogP) is 3.00. The molecule has 0 spiro atoms. The summed E-state index contributed by atoms with van der Waals surface area (Å²) < 4.78 is 0. The lowest BCUT2D eigenvalue weighted by Crippen LogP contribution is -2.52. The first kappa shape index (κ1) is 15.5. The molecule has 1 saturated carbocycles. The number of carbonyl (C=O) groups is 2. The highest BCUT2D eigenvalue weighted by molar-refractivity contribution is 5.87. The van der Waals surface area contributed by atoms with Crippen LogP contribution in [0.3, 0.4) is 0 Å². The van der Waals surface area contributed by atoms with Gasteiger partial charge in [0.05, 0.1) is 0 Å². The van der Waals surface area contributed by atoms with Gasteiger partial charge in [-0.05, 0) is 36.8 Å². The third kappa shape index (κ3) is 3.43. The number of hydrogen-bond acceptors (Lipinski definition) is 2. The fraction of sp³-hybridized carbons (Fsp3) is 0.529. The van der Waals surface area contributed by atoms with Crippen LogP contribution in [0.4, 0.5) is 0 Å². The molecule has 2 rings (SSSR count). The van der Waals surface area contributed by atoms with Gasteiger partial charge < -0.3 is 10.4 Å². The molecule has 1 fully saturated rings. The van der Waals surface area contributed by atoms with Gasteiger partial charge in [-0.15, -0.1) is 0 Å². The van der Waals surface area contributed by atoms with E-state index in [0.29, 0.717) is 19.3 Å². The van der Waals surface area contributed by atoms with E-state index in [4.69, 9.17) is 0 Å². The fourth-order valence-electron chi connectivity index (χ4n) is 3.22. The van der Waals surface area contributed by atoms with Crippen molar-refractivity contribution in [3.8, 4) is 0 Å². The molecule has 1 atom stereocenters. The van der Waals surface area contributed by atoms with Crippen molar-refractivity contribution in [2.75, 3.05) is 0 Å². The maximum atomic E-state index is 12.2. The van der Waals surface area contributed by atoms with E-state index in [1.54, 1.807) is 0 Å². The predicted molar refractivity (Wildman–Crippen MR) is 81.2 cm³/mol. The third-order valence-corrected chi connectivity index (χ3v) is 4.46. The van der Waals surface area contributed by atoms with Crippen molar-refractivity contribution in [1.82, 2.24) is 5.32 Å². The molecule has 114 valence electrons. The smallest absolute Gasteiger partial charge is 0.329 e. The first-order chi connectivity index (χ1) is 9.94. The Morgan fingerprint density at radius 2 is 1.90 bits per heavy atom. The van der Waals surface area contributed by atoms with Gasteiger partial charge in [-0.25, -0.2) is 4.79 Å². The topological polar surface area (TPSA) is 66.4 Å². The Morgan fingerprint density at radius 3 is 2.48 bits per heavy atom. The Hall–Kier alpha value is -1.84. The van der Waals surface area contributed by atoms with E-state index in [0.717, 1.165) is 24.0 Å². The van der Waals surface area contributed by atoms with Crippen LogP contribution in [0.15, 0.2) is 24.3 Å². The lowest BCUT2D eigenvalue weighted by atomic mass is 9.92. The Balaban J connectivity index is 2.01. The van der Waals surface area contributed by atoms with Gasteiger partial charge >= 0.3 is 5.97 Å². The number of amides is 1. The van der Waals surface area contributed by atoms with Crippen LogP contribution in [-0.4, -0.2) is 22.5 Å². The van der Waals surface area contributed by atoms with Crippen LogP contribution in [0.5, 0.6) is 0 Å².